The highest BCUT2D eigenvalue weighted by Crippen LogP contribution is 2.20. The van der Waals surface area contributed by atoms with E-state index in [1.165, 1.54) is 10.5 Å². The van der Waals surface area contributed by atoms with E-state index >= 15 is 0 Å². The average molecular weight is 400 g/mol. The first-order chi connectivity index (χ1) is 12.0. The largest absolute Gasteiger partial charge is 0.369 e. The molecule has 0 bridgehead atoms. The van der Waals surface area contributed by atoms with Gasteiger partial charge in [-0.1, -0.05) is 25.4 Å². The number of pyridine rings is 1. The molecule has 0 spiro atoms. The highest BCUT2D eigenvalue weighted by atomic mass is 35.5. The molecule has 0 saturated carbocycles. The number of anilines is 1. The Morgan fingerprint density at radius 1 is 1.12 bits per heavy atom. The lowest BCUT2D eigenvalue weighted by molar-refractivity contribution is 0.445. The van der Waals surface area contributed by atoms with Gasteiger partial charge in [-0.15, -0.1) is 11.8 Å². The number of hydrogen-bond donors (Lipinski definition) is 1. The van der Waals surface area contributed by atoms with E-state index < -0.39 is 10.0 Å². The second-order valence-electron chi connectivity index (χ2n) is 5.20. The lowest BCUT2D eigenvalue weighted by Crippen LogP contribution is -2.30. The summed E-state index contributed by atoms with van der Waals surface area (Å²) < 4.78 is 26.2. The van der Waals surface area contributed by atoms with Crippen LogP contribution < -0.4 is 5.32 Å². The van der Waals surface area contributed by atoms with E-state index in [1.807, 2.05) is 38.1 Å². The van der Waals surface area contributed by atoms with E-state index in [1.54, 1.807) is 23.9 Å². The van der Waals surface area contributed by atoms with Crippen LogP contribution in [0.1, 0.15) is 13.8 Å². The maximum atomic E-state index is 12.4. The quantitative estimate of drug-likeness (QED) is 0.510. The van der Waals surface area contributed by atoms with E-state index in [0.717, 1.165) is 22.2 Å². The Hall–Kier alpha value is -1.28. The smallest absolute Gasteiger partial charge is 0.244 e. The molecular formula is C17H22ClN3O2S2. The van der Waals surface area contributed by atoms with Gasteiger partial charge in [0.15, 0.2) is 0 Å². The molecule has 0 aliphatic carbocycles. The standard InChI is InChI=1S/C17H22ClN3O2S2/c1-3-21(4-2)25(22,23)16-9-10-17(20-13-16)19-11-12-24-15-7-5-14(18)6-8-15/h5-10,13H,3-4,11-12H2,1-2H3,(H,19,20). The molecule has 0 unspecified atom stereocenters. The lowest BCUT2D eigenvalue weighted by Gasteiger charge is -2.18. The SMILES string of the molecule is CCN(CC)S(=O)(=O)c1ccc(NCCSc2ccc(Cl)cc2)nc1. The monoisotopic (exact) mass is 399 g/mol. The number of thioether (sulfide) groups is 1. The summed E-state index contributed by atoms with van der Waals surface area (Å²) in [7, 11) is -3.45. The van der Waals surface area contributed by atoms with Crippen molar-refractivity contribution in [3.8, 4) is 0 Å². The van der Waals surface area contributed by atoms with Gasteiger partial charge in [0.05, 0.1) is 0 Å². The van der Waals surface area contributed by atoms with Gasteiger partial charge in [0.2, 0.25) is 10.0 Å². The van der Waals surface area contributed by atoms with Crippen molar-refractivity contribution < 1.29 is 8.42 Å². The van der Waals surface area contributed by atoms with Gasteiger partial charge in [0, 0.05) is 41.5 Å². The van der Waals surface area contributed by atoms with Crippen LogP contribution in [0.4, 0.5) is 5.82 Å². The Kier molecular flexibility index (Phi) is 7.56. The Morgan fingerprint density at radius 2 is 1.80 bits per heavy atom. The predicted molar refractivity (Wildman–Crippen MR) is 105 cm³/mol. The van der Waals surface area contributed by atoms with Crippen molar-refractivity contribution in [1.82, 2.24) is 9.29 Å². The average Bonchev–Trinajstić information content (AvgIpc) is 2.61. The van der Waals surface area contributed by atoms with Crippen molar-refractivity contribution in [2.75, 3.05) is 30.7 Å². The zero-order chi connectivity index (χ0) is 18.3. The van der Waals surface area contributed by atoms with Gasteiger partial charge in [0.25, 0.3) is 0 Å². The fraction of sp³-hybridized carbons (Fsp3) is 0.353. The maximum absolute atomic E-state index is 12.4. The molecule has 0 aliphatic heterocycles. The van der Waals surface area contributed by atoms with E-state index in [2.05, 4.69) is 10.3 Å². The normalized spacial score (nSPS) is 11.7. The molecule has 0 atom stereocenters. The summed E-state index contributed by atoms with van der Waals surface area (Å²) in [5.74, 6) is 1.53. The number of halogens is 1. The van der Waals surface area contributed by atoms with E-state index in [4.69, 9.17) is 11.6 Å². The molecule has 2 rings (SSSR count). The van der Waals surface area contributed by atoms with Crippen LogP contribution in [0.5, 0.6) is 0 Å². The molecule has 0 aliphatic rings. The third-order valence-electron chi connectivity index (χ3n) is 3.57. The zero-order valence-corrected chi connectivity index (χ0v) is 16.7. The predicted octanol–water partition coefficient (Wildman–Crippen LogP) is 3.97. The van der Waals surface area contributed by atoms with Crippen molar-refractivity contribution in [3.05, 3.63) is 47.6 Å². The summed E-state index contributed by atoms with van der Waals surface area (Å²) in [5, 5.41) is 3.92. The fourth-order valence-corrected chi connectivity index (χ4v) is 4.53. The summed E-state index contributed by atoms with van der Waals surface area (Å²) in [5.41, 5.74) is 0. The Bertz CT molecular complexity index is 761. The van der Waals surface area contributed by atoms with E-state index in [9.17, 15) is 8.42 Å². The molecule has 25 heavy (non-hydrogen) atoms. The number of nitrogens with one attached hydrogen (secondary N) is 1. The van der Waals surface area contributed by atoms with E-state index in [0.29, 0.717) is 18.9 Å². The number of aromatic nitrogens is 1. The first-order valence-corrected chi connectivity index (χ1v) is 10.9. The molecule has 1 heterocycles. The van der Waals surface area contributed by atoms with Crippen LogP contribution in [0.15, 0.2) is 52.4 Å². The van der Waals surface area contributed by atoms with Gasteiger partial charge >= 0.3 is 0 Å². The van der Waals surface area contributed by atoms with Crippen LogP contribution in [-0.4, -0.2) is 43.1 Å². The number of sulfonamides is 1. The van der Waals surface area contributed by atoms with E-state index in [-0.39, 0.29) is 4.90 Å². The number of hydrogen-bond acceptors (Lipinski definition) is 5. The Morgan fingerprint density at radius 3 is 2.36 bits per heavy atom. The first kappa shape index (κ1) is 20.0. The summed E-state index contributed by atoms with van der Waals surface area (Å²) in [6.07, 6.45) is 1.41. The topological polar surface area (TPSA) is 62.3 Å². The van der Waals surface area contributed by atoms with Crippen molar-refractivity contribution >= 4 is 39.2 Å². The Balaban J connectivity index is 1.87. The third-order valence-corrected chi connectivity index (χ3v) is 6.87. The molecule has 8 heteroatoms. The van der Waals surface area contributed by atoms with Crippen LogP contribution >= 0.6 is 23.4 Å². The van der Waals surface area contributed by atoms with Crippen LogP contribution in [0.2, 0.25) is 5.02 Å². The molecule has 1 N–H and O–H groups in total. The van der Waals surface area contributed by atoms with Crippen molar-refractivity contribution in [3.63, 3.8) is 0 Å². The summed E-state index contributed by atoms with van der Waals surface area (Å²) in [6, 6.07) is 11.0. The first-order valence-electron chi connectivity index (χ1n) is 8.05. The second-order valence-corrected chi connectivity index (χ2v) is 8.74. The van der Waals surface area contributed by atoms with Crippen LogP contribution in [-0.2, 0) is 10.0 Å². The van der Waals surface area contributed by atoms with Crippen LogP contribution in [0, 0.1) is 0 Å². The molecule has 1 aromatic carbocycles. The number of benzene rings is 1. The van der Waals surface area contributed by atoms with Gasteiger partial charge in [-0.2, -0.15) is 4.31 Å². The second kappa shape index (κ2) is 9.43. The highest BCUT2D eigenvalue weighted by Gasteiger charge is 2.21. The van der Waals surface area contributed by atoms with Gasteiger partial charge < -0.3 is 5.32 Å². The molecule has 1 aromatic heterocycles. The number of rotatable bonds is 9. The summed E-state index contributed by atoms with van der Waals surface area (Å²) in [6.45, 7) is 5.26. The lowest BCUT2D eigenvalue weighted by atomic mass is 10.4. The molecular weight excluding hydrogens is 378 g/mol. The van der Waals surface area contributed by atoms with Crippen molar-refractivity contribution in [1.29, 1.82) is 0 Å². The molecule has 0 saturated heterocycles. The van der Waals surface area contributed by atoms with Gasteiger partial charge in [-0.25, -0.2) is 13.4 Å². The molecule has 2 aromatic rings. The minimum Gasteiger partial charge on any atom is -0.369 e. The van der Waals surface area contributed by atoms with Crippen molar-refractivity contribution in [2.45, 2.75) is 23.6 Å². The summed E-state index contributed by atoms with van der Waals surface area (Å²) in [4.78, 5) is 5.58. The summed E-state index contributed by atoms with van der Waals surface area (Å²) >= 11 is 7.57. The number of nitrogens with zero attached hydrogens (tertiary/aromatic N) is 2. The fourth-order valence-electron chi connectivity index (χ4n) is 2.23. The molecule has 0 fully saturated rings. The highest BCUT2D eigenvalue weighted by molar-refractivity contribution is 7.99. The third kappa shape index (κ3) is 5.60. The van der Waals surface area contributed by atoms with Crippen LogP contribution in [0.25, 0.3) is 0 Å². The molecule has 0 radical (unpaired) electrons. The molecule has 136 valence electrons. The van der Waals surface area contributed by atoms with Gasteiger partial charge in [-0.05, 0) is 36.4 Å². The minimum absolute atomic E-state index is 0.220. The van der Waals surface area contributed by atoms with Crippen molar-refractivity contribution in [2.24, 2.45) is 0 Å². The van der Waals surface area contributed by atoms with Gasteiger partial charge in [-0.3, -0.25) is 0 Å². The van der Waals surface area contributed by atoms with Gasteiger partial charge in [0.1, 0.15) is 10.7 Å². The van der Waals surface area contributed by atoms with Crippen LogP contribution in [0.3, 0.4) is 0 Å². The molecule has 0 amide bonds. The Labute approximate surface area is 158 Å². The molecule has 5 nitrogen and oxygen atoms in total. The zero-order valence-electron chi connectivity index (χ0n) is 14.3. The minimum atomic E-state index is -3.45. The maximum Gasteiger partial charge on any atom is 0.244 e.